The number of amides is 3. The van der Waals surface area contributed by atoms with Crippen LogP contribution in [0.3, 0.4) is 0 Å². The van der Waals surface area contributed by atoms with Crippen LogP contribution in [-0.4, -0.2) is 17.7 Å². The summed E-state index contributed by atoms with van der Waals surface area (Å²) in [5.41, 5.74) is 2.34. The molecular weight excluding hydrogens is 414 g/mol. The lowest BCUT2D eigenvalue weighted by Gasteiger charge is -2.10. The molecule has 3 amide bonds. The molecule has 0 heterocycles. The number of carbonyl (C=O) groups excluding carboxylic acids is 3. The molecule has 3 N–H and O–H groups in total. The van der Waals surface area contributed by atoms with Crippen molar-refractivity contribution in [3.8, 4) is 0 Å². The summed E-state index contributed by atoms with van der Waals surface area (Å²) in [7, 11) is 0. The second-order valence-corrected chi connectivity index (χ2v) is 7.56. The molecule has 0 aliphatic rings. The molecule has 33 heavy (non-hydrogen) atoms. The average molecular weight is 437 g/mol. The quantitative estimate of drug-likeness (QED) is 0.306. The number of urea groups is 1. The molecule has 0 unspecified atom stereocenters. The number of fused-ring (bicyclic) bond motifs is 1. The van der Waals surface area contributed by atoms with Gasteiger partial charge in [0.05, 0.1) is 0 Å². The number of benzene rings is 4. The van der Waals surface area contributed by atoms with Crippen molar-refractivity contribution in [3.63, 3.8) is 0 Å². The molecule has 6 nitrogen and oxygen atoms in total. The van der Waals surface area contributed by atoms with Crippen LogP contribution in [0, 0.1) is 0 Å². The highest BCUT2D eigenvalue weighted by Gasteiger charge is 2.11. The van der Waals surface area contributed by atoms with Crippen LogP contribution in [0.1, 0.15) is 23.2 Å². The lowest BCUT2D eigenvalue weighted by Crippen LogP contribution is -2.19. The minimum absolute atomic E-state index is 0.0673. The summed E-state index contributed by atoms with van der Waals surface area (Å²) in [4.78, 5) is 37.1. The SMILES string of the molecule is O=C(CCC(=O)c1ccc2ccccc2c1)Nc1cccc(NC(=O)Nc2ccccc2)c1. The first-order valence-corrected chi connectivity index (χ1v) is 10.6. The van der Waals surface area contributed by atoms with E-state index in [-0.39, 0.29) is 30.6 Å². The predicted octanol–water partition coefficient (Wildman–Crippen LogP) is 6.09. The van der Waals surface area contributed by atoms with Gasteiger partial charge in [-0.3, -0.25) is 9.59 Å². The molecule has 0 bridgehead atoms. The molecule has 164 valence electrons. The van der Waals surface area contributed by atoms with Crippen molar-refractivity contribution in [1.82, 2.24) is 0 Å². The van der Waals surface area contributed by atoms with Crippen LogP contribution in [0.25, 0.3) is 10.8 Å². The zero-order chi connectivity index (χ0) is 23.0. The molecule has 0 saturated heterocycles. The van der Waals surface area contributed by atoms with Gasteiger partial charge in [0.2, 0.25) is 5.91 Å². The zero-order valence-corrected chi connectivity index (χ0v) is 17.9. The summed E-state index contributed by atoms with van der Waals surface area (Å²) in [6.07, 6.45) is 0.180. The number of carbonyl (C=O) groups is 3. The van der Waals surface area contributed by atoms with E-state index in [2.05, 4.69) is 16.0 Å². The summed E-state index contributed by atoms with van der Waals surface area (Å²) >= 11 is 0. The molecule has 4 aromatic carbocycles. The lowest BCUT2D eigenvalue weighted by atomic mass is 10.0. The molecule has 0 aliphatic heterocycles. The first kappa shape index (κ1) is 21.8. The maximum absolute atomic E-state index is 12.5. The summed E-state index contributed by atoms with van der Waals surface area (Å²) in [5, 5.41) is 10.3. The second kappa shape index (κ2) is 10.2. The molecule has 4 aromatic rings. The van der Waals surface area contributed by atoms with Gasteiger partial charge in [0.25, 0.3) is 0 Å². The summed E-state index contributed by atoms with van der Waals surface area (Å²) < 4.78 is 0. The van der Waals surface area contributed by atoms with Crippen molar-refractivity contribution in [2.24, 2.45) is 0 Å². The molecule has 0 fully saturated rings. The average Bonchev–Trinajstić information content (AvgIpc) is 2.83. The fourth-order valence-electron chi connectivity index (χ4n) is 3.45. The van der Waals surface area contributed by atoms with Crippen LogP contribution in [0.5, 0.6) is 0 Å². The van der Waals surface area contributed by atoms with Gasteiger partial charge in [-0.2, -0.15) is 0 Å². The van der Waals surface area contributed by atoms with E-state index >= 15 is 0 Å². The molecule has 0 radical (unpaired) electrons. The van der Waals surface area contributed by atoms with Crippen molar-refractivity contribution < 1.29 is 14.4 Å². The summed E-state index contributed by atoms with van der Waals surface area (Å²) in [6, 6.07) is 28.9. The van der Waals surface area contributed by atoms with E-state index in [4.69, 9.17) is 0 Å². The number of rotatable bonds is 7. The van der Waals surface area contributed by atoms with Crippen molar-refractivity contribution in [1.29, 1.82) is 0 Å². The maximum Gasteiger partial charge on any atom is 0.323 e. The summed E-state index contributed by atoms with van der Waals surface area (Å²) in [6.45, 7) is 0. The van der Waals surface area contributed by atoms with Gasteiger partial charge >= 0.3 is 6.03 Å². The van der Waals surface area contributed by atoms with Crippen molar-refractivity contribution in [2.45, 2.75) is 12.8 Å². The lowest BCUT2D eigenvalue weighted by molar-refractivity contribution is -0.116. The molecule has 0 atom stereocenters. The Morgan fingerprint density at radius 1 is 0.545 bits per heavy atom. The third kappa shape index (κ3) is 6.04. The molecule has 0 spiro atoms. The van der Waals surface area contributed by atoms with Crippen LogP contribution in [0.4, 0.5) is 21.9 Å². The van der Waals surface area contributed by atoms with Gasteiger partial charge < -0.3 is 16.0 Å². The van der Waals surface area contributed by atoms with E-state index in [9.17, 15) is 14.4 Å². The Morgan fingerprint density at radius 3 is 1.97 bits per heavy atom. The van der Waals surface area contributed by atoms with Crippen molar-refractivity contribution >= 4 is 45.6 Å². The number of nitrogens with one attached hydrogen (secondary N) is 3. The molecule has 0 saturated carbocycles. The van der Waals surface area contributed by atoms with Gasteiger partial charge in [0, 0.05) is 35.5 Å². The van der Waals surface area contributed by atoms with Crippen molar-refractivity contribution in [2.75, 3.05) is 16.0 Å². The Kier molecular flexibility index (Phi) is 6.75. The number of para-hydroxylation sites is 1. The second-order valence-electron chi connectivity index (χ2n) is 7.56. The normalized spacial score (nSPS) is 10.4. The highest BCUT2D eigenvalue weighted by Crippen LogP contribution is 2.19. The third-order valence-electron chi connectivity index (χ3n) is 5.09. The Labute approximate surface area is 191 Å². The van der Waals surface area contributed by atoms with E-state index in [0.29, 0.717) is 22.6 Å². The number of anilines is 3. The van der Waals surface area contributed by atoms with Gasteiger partial charge in [-0.15, -0.1) is 0 Å². The van der Waals surface area contributed by atoms with Gasteiger partial charge in [0.15, 0.2) is 5.78 Å². The number of hydrogen-bond donors (Lipinski definition) is 3. The van der Waals surface area contributed by atoms with Crippen LogP contribution in [0.2, 0.25) is 0 Å². The largest absolute Gasteiger partial charge is 0.326 e. The third-order valence-corrected chi connectivity index (χ3v) is 5.09. The highest BCUT2D eigenvalue weighted by atomic mass is 16.2. The first-order valence-electron chi connectivity index (χ1n) is 10.6. The molecule has 0 aromatic heterocycles. The number of Topliss-reactive ketones (excluding diaryl/α,β-unsaturated/α-hetero) is 1. The Morgan fingerprint density at radius 2 is 1.18 bits per heavy atom. The van der Waals surface area contributed by atoms with Gasteiger partial charge in [-0.1, -0.05) is 60.7 Å². The minimum atomic E-state index is -0.384. The predicted molar refractivity (Wildman–Crippen MR) is 132 cm³/mol. The van der Waals surface area contributed by atoms with Crippen LogP contribution >= 0.6 is 0 Å². The Bertz CT molecular complexity index is 1300. The topological polar surface area (TPSA) is 87.3 Å². The van der Waals surface area contributed by atoms with Crippen LogP contribution < -0.4 is 16.0 Å². The molecular formula is C27H23N3O3. The van der Waals surface area contributed by atoms with Crippen molar-refractivity contribution in [3.05, 3.63) is 103 Å². The molecule has 6 heteroatoms. The maximum atomic E-state index is 12.5. The van der Waals surface area contributed by atoms with E-state index < -0.39 is 0 Å². The van der Waals surface area contributed by atoms with E-state index in [1.165, 1.54) is 0 Å². The monoisotopic (exact) mass is 437 g/mol. The Hall–Kier alpha value is -4.45. The smallest absolute Gasteiger partial charge is 0.323 e. The van der Waals surface area contributed by atoms with E-state index in [1.54, 1.807) is 42.5 Å². The van der Waals surface area contributed by atoms with Gasteiger partial charge in [-0.25, -0.2) is 4.79 Å². The molecule has 4 rings (SSSR count). The minimum Gasteiger partial charge on any atom is -0.326 e. The number of hydrogen-bond acceptors (Lipinski definition) is 3. The number of ketones is 1. The zero-order valence-electron chi connectivity index (χ0n) is 17.9. The fourth-order valence-corrected chi connectivity index (χ4v) is 3.45. The van der Waals surface area contributed by atoms with Gasteiger partial charge in [0.1, 0.15) is 0 Å². The standard InChI is InChI=1S/C27H23N3O3/c31-25(21-14-13-19-7-4-5-8-20(19)17-21)15-16-26(32)28-23-11-6-12-24(18-23)30-27(33)29-22-9-2-1-3-10-22/h1-14,17-18H,15-16H2,(H,28,32)(H2,29,30,33). The molecule has 0 aliphatic carbocycles. The van der Waals surface area contributed by atoms with Crippen LogP contribution in [0.15, 0.2) is 97.1 Å². The van der Waals surface area contributed by atoms with Gasteiger partial charge in [-0.05, 0) is 47.2 Å². The highest BCUT2D eigenvalue weighted by molar-refractivity contribution is 6.03. The fraction of sp³-hybridized carbons (Fsp3) is 0.0741. The Balaban J connectivity index is 1.30. The first-order chi connectivity index (χ1) is 16.1. The van der Waals surface area contributed by atoms with E-state index in [0.717, 1.165) is 10.8 Å². The summed E-state index contributed by atoms with van der Waals surface area (Å²) in [5.74, 6) is -0.348. The van der Waals surface area contributed by atoms with E-state index in [1.807, 2.05) is 54.6 Å². The van der Waals surface area contributed by atoms with Crippen LogP contribution in [-0.2, 0) is 4.79 Å².